The van der Waals surface area contributed by atoms with Crippen LogP contribution in [0.25, 0.3) is 16.2 Å². The van der Waals surface area contributed by atoms with E-state index in [9.17, 15) is 0 Å². The monoisotopic (exact) mass is 269 g/mol. The molecule has 1 aromatic carbocycles. The Labute approximate surface area is 114 Å². The minimum absolute atomic E-state index is 0.260. The smallest absolute Gasteiger partial charge is 0.215 e. The highest BCUT2D eigenvalue weighted by molar-refractivity contribution is 7.08. The molecule has 0 aliphatic rings. The molecule has 94 valence electrons. The molecule has 0 atom stereocenters. The van der Waals surface area contributed by atoms with Gasteiger partial charge in [0, 0.05) is 18.0 Å². The fourth-order valence-corrected chi connectivity index (χ4v) is 2.75. The minimum Gasteiger partial charge on any atom is -0.269 e. The molecule has 0 aliphatic heterocycles. The van der Waals surface area contributed by atoms with E-state index in [4.69, 9.17) is 5.26 Å². The molecule has 0 amide bonds. The van der Waals surface area contributed by atoms with Crippen LogP contribution in [-0.4, -0.2) is 18.9 Å². The summed E-state index contributed by atoms with van der Waals surface area (Å²) in [4.78, 5) is 8.98. The van der Waals surface area contributed by atoms with Gasteiger partial charge in [0.15, 0.2) is 0 Å². The normalized spacial score (nSPS) is 10.7. The van der Waals surface area contributed by atoms with E-state index in [0.717, 1.165) is 28.4 Å². The second kappa shape index (κ2) is 4.78. The van der Waals surface area contributed by atoms with Gasteiger partial charge in [-0.05, 0) is 12.1 Å². The van der Waals surface area contributed by atoms with Crippen molar-refractivity contribution in [3.05, 3.63) is 35.9 Å². The highest BCUT2D eigenvalue weighted by Crippen LogP contribution is 2.23. The van der Waals surface area contributed by atoms with Gasteiger partial charge in [-0.15, -0.1) is 0 Å². The summed E-state index contributed by atoms with van der Waals surface area (Å²) in [6, 6.07) is 9.97. The molecule has 0 aliphatic carbocycles. The summed E-state index contributed by atoms with van der Waals surface area (Å²) in [5.74, 6) is 1.53. The van der Waals surface area contributed by atoms with Crippen LogP contribution in [0.1, 0.15) is 18.6 Å². The van der Waals surface area contributed by atoms with Gasteiger partial charge in [0.25, 0.3) is 0 Å². The van der Waals surface area contributed by atoms with Crippen LogP contribution in [-0.2, 0) is 12.8 Å². The summed E-state index contributed by atoms with van der Waals surface area (Å²) in [6.45, 7) is 2.02. The predicted octanol–water partition coefficient (Wildman–Crippen LogP) is 2.51. The number of hydrogen-bond donors (Lipinski definition) is 0. The zero-order chi connectivity index (χ0) is 13.2. The van der Waals surface area contributed by atoms with Gasteiger partial charge in [-0.3, -0.25) is 4.57 Å². The number of rotatable bonds is 3. The fourth-order valence-electron chi connectivity index (χ4n) is 1.96. The van der Waals surface area contributed by atoms with Gasteiger partial charge in [0.1, 0.15) is 11.6 Å². The lowest BCUT2D eigenvalue weighted by atomic mass is 10.3. The van der Waals surface area contributed by atoms with E-state index in [1.54, 1.807) is 0 Å². The van der Waals surface area contributed by atoms with Gasteiger partial charge in [0.2, 0.25) is 5.13 Å². The maximum atomic E-state index is 8.93. The molecule has 0 bridgehead atoms. The summed E-state index contributed by atoms with van der Waals surface area (Å²) in [5, 5.41) is 9.71. The first-order valence-electron chi connectivity index (χ1n) is 5.99. The lowest BCUT2D eigenvalue weighted by Crippen LogP contribution is -2.00. The van der Waals surface area contributed by atoms with Crippen LogP contribution >= 0.6 is 11.5 Å². The molecule has 2 aromatic heterocycles. The molecule has 0 N–H and O–H groups in total. The third-order valence-corrected chi connectivity index (χ3v) is 3.57. The zero-order valence-corrected chi connectivity index (χ0v) is 11.2. The molecular weight excluding hydrogens is 258 g/mol. The van der Waals surface area contributed by atoms with Crippen molar-refractivity contribution in [1.82, 2.24) is 18.9 Å². The lowest BCUT2D eigenvalue weighted by molar-refractivity contribution is 0.917. The summed E-state index contributed by atoms with van der Waals surface area (Å²) in [5.41, 5.74) is 1.84. The average molecular weight is 269 g/mol. The highest BCUT2D eigenvalue weighted by Gasteiger charge is 2.15. The summed E-state index contributed by atoms with van der Waals surface area (Å²) in [7, 11) is 0. The molecular formula is C13H11N5S. The second-order valence-electron chi connectivity index (χ2n) is 4.03. The van der Waals surface area contributed by atoms with Gasteiger partial charge in [-0.1, -0.05) is 19.1 Å². The van der Waals surface area contributed by atoms with Crippen LogP contribution in [0.2, 0.25) is 0 Å². The number of aromatic nitrogens is 4. The van der Waals surface area contributed by atoms with E-state index in [0.29, 0.717) is 5.82 Å². The van der Waals surface area contributed by atoms with Crippen molar-refractivity contribution in [2.24, 2.45) is 0 Å². The molecule has 3 aromatic rings. The van der Waals surface area contributed by atoms with Crippen molar-refractivity contribution in [2.75, 3.05) is 0 Å². The summed E-state index contributed by atoms with van der Waals surface area (Å²) < 4.78 is 6.22. The molecule has 3 rings (SSSR count). The van der Waals surface area contributed by atoms with E-state index >= 15 is 0 Å². The fraction of sp³-hybridized carbons (Fsp3) is 0.231. The Morgan fingerprint density at radius 1 is 1.32 bits per heavy atom. The Balaban J connectivity index is 2.25. The minimum atomic E-state index is 0.260. The van der Waals surface area contributed by atoms with Gasteiger partial charge in [-0.2, -0.15) is 9.64 Å². The third kappa shape index (κ3) is 1.98. The molecule has 0 radical (unpaired) electrons. The Bertz CT molecular complexity index is 765. The van der Waals surface area contributed by atoms with E-state index in [1.807, 2.05) is 35.8 Å². The van der Waals surface area contributed by atoms with E-state index in [-0.39, 0.29) is 6.42 Å². The second-order valence-corrected chi connectivity index (χ2v) is 4.76. The van der Waals surface area contributed by atoms with Crippen molar-refractivity contribution >= 4 is 22.6 Å². The van der Waals surface area contributed by atoms with Crippen LogP contribution in [0.5, 0.6) is 0 Å². The standard InChI is InChI=1S/C13H11N5S/c1-2-11-16-13(19-17-11)18-10-6-4-3-5-9(10)15-12(18)7-8-14/h3-6H,2,7H2,1H3. The Morgan fingerprint density at radius 2 is 2.16 bits per heavy atom. The number of aryl methyl sites for hydroxylation is 1. The molecule has 0 fully saturated rings. The predicted molar refractivity (Wildman–Crippen MR) is 73.2 cm³/mol. The van der Waals surface area contributed by atoms with Crippen LogP contribution in [0.3, 0.4) is 0 Å². The zero-order valence-electron chi connectivity index (χ0n) is 10.4. The lowest BCUT2D eigenvalue weighted by Gasteiger charge is -2.01. The summed E-state index contributed by atoms with van der Waals surface area (Å²) >= 11 is 1.34. The number of hydrogen-bond acceptors (Lipinski definition) is 5. The molecule has 0 saturated heterocycles. The number of nitrogens with zero attached hydrogens (tertiary/aromatic N) is 5. The quantitative estimate of drug-likeness (QED) is 0.732. The topological polar surface area (TPSA) is 67.4 Å². The maximum Gasteiger partial charge on any atom is 0.215 e. The van der Waals surface area contributed by atoms with Gasteiger partial charge in [0.05, 0.1) is 23.5 Å². The van der Waals surface area contributed by atoms with Crippen molar-refractivity contribution in [1.29, 1.82) is 5.26 Å². The number of fused-ring (bicyclic) bond motifs is 1. The molecule has 5 nitrogen and oxygen atoms in total. The highest BCUT2D eigenvalue weighted by atomic mass is 32.1. The van der Waals surface area contributed by atoms with E-state index in [2.05, 4.69) is 20.4 Å². The summed E-state index contributed by atoms with van der Waals surface area (Å²) in [6.07, 6.45) is 1.06. The Kier molecular flexibility index (Phi) is 2.97. The SMILES string of the molecule is CCc1nsc(-n2c(CC#N)nc3ccccc32)n1. The first-order chi connectivity index (χ1) is 9.33. The first kappa shape index (κ1) is 11.8. The number of para-hydroxylation sites is 2. The largest absolute Gasteiger partial charge is 0.269 e. The van der Waals surface area contributed by atoms with Crippen LogP contribution in [0.4, 0.5) is 0 Å². The maximum absolute atomic E-state index is 8.93. The molecule has 19 heavy (non-hydrogen) atoms. The molecule has 6 heteroatoms. The van der Waals surface area contributed by atoms with E-state index in [1.165, 1.54) is 11.5 Å². The van der Waals surface area contributed by atoms with Crippen molar-refractivity contribution < 1.29 is 0 Å². The van der Waals surface area contributed by atoms with Crippen LogP contribution < -0.4 is 0 Å². The van der Waals surface area contributed by atoms with Crippen molar-refractivity contribution in [3.8, 4) is 11.2 Å². The van der Waals surface area contributed by atoms with E-state index < -0.39 is 0 Å². The van der Waals surface area contributed by atoms with Gasteiger partial charge >= 0.3 is 0 Å². The Morgan fingerprint density at radius 3 is 2.89 bits per heavy atom. The van der Waals surface area contributed by atoms with Crippen LogP contribution in [0.15, 0.2) is 24.3 Å². The molecule has 0 unspecified atom stereocenters. The third-order valence-electron chi connectivity index (χ3n) is 2.83. The number of benzene rings is 1. The first-order valence-corrected chi connectivity index (χ1v) is 6.77. The van der Waals surface area contributed by atoms with Gasteiger partial charge in [-0.25, -0.2) is 9.97 Å². The number of imidazole rings is 1. The Hall–Kier alpha value is -2.26. The van der Waals surface area contributed by atoms with Crippen molar-refractivity contribution in [3.63, 3.8) is 0 Å². The number of nitriles is 1. The molecule has 0 spiro atoms. The van der Waals surface area contributed by atoms with Crippen molar-refractivity contribution in [2.45, 2.75) is 19.8 Å². The molecule has 2 heterocycles. The van der Waals surface area contributed by atoms with Gasteiger partial charge < -0.3 is 0 Å². The van der Waals surface area contributed by atoms with Crippen LogP contribution in [0, 0.1) is 11.3 Å². The average Bonchev–Trinajstić information content (AvgIpc) is 3.02. The molecule has 0 saturated carbocycles.